The van der Waals surface area contributed by atoms with Crippen molar-refractivity contribution in [3.05, 3.63) is 29.8 Å². The van der Waals surface area contributed by atoms with E-state index >= 15 is 0 Å². The van der Waals surface area contributed by atoms with Gasteiger partial charge in [-0.3, -0.25) is 4.79 Å². The summed E-state index contributed by atoms with van der Waals surface area (Å²) in [6.45, 7) is 1.42. The summed E-state index contributed by atoms with van der Waals surface area (Å²) in [5.41, 5.74) is 6.06. The number of morpholine rings is 1. The zero-order chi connectivity index (χ0) is 15.9. The summed E-state index contributed by atoms with van der Waals surface area (Å²) >= 11 is 0. The molecule has 1 aliphatic heterocycles. The van der Waals surface area contributed by atoms with Crippen molar-refractivity contribution in [2.45, 2.75) is 12.5 Å². The lowest BCUT2D eigenvalue weighted by Gasteiger charge is -2.33. The summed E-state index contributed by atoms with van der Waals surface area (Å²) in [6, 6.07) is 7.07. The number of rotatable bonds is 5. The van der Waals surface area contributed by atoms with E-state index in [0.29, 0.717) is 26.1 Å². The zero-order valence-corrected chi connectivity index (χ0v) is 12.6. The predicted molar refractivity (Wildman–Crippen MR) is 80.6 cm³/mol. The normalized spacial score (nSPS) is 17.9. The van der Waals surface area contributed by atoms with Crippen LogP contribution in [0, 0.1) is 0 Å². The standard InChI is InChI=1S/C15H21N3O4/c1-21-12-4-2-3-11(7-12)8-13-10-18(5-6-22-13)14(19)9-17-15(16)20/h2-4,7,13H,5-6,8-10H2,1H3,(H3,16,17,20)/t13-/m1/s1. The minimum atomic E-state index is -0.699. The van der Waals surface area contributed by atoms with Crippen molar-refractivity contribution in [3.8, 4) is 5.75 Å². The van der Waals surface area contributed by atoms with Gasteiger partial charge in [-0.1, -0.05) is 12.1 Å². The molecular weight excluding hydrogens is 286 g/mol. The van der Waals surface area contributed by atoms with Crippen molar-refractivity contribution >= 4 is 11.9 Å². The molecule has 1 saturated heterocycles. The molecule has 1 aromatic rings. The van der Waals surface area contributed by atoms with Gasteiger partial charge < -0.3 is 25.4 Å². The minimum Gasteiger partial charge on any atom is -0.497 e. The van der Waals surface area contributed by atoms with Gasteiger partial charge in [0, 0.05) is 19.5 Å². The van der Waals surface area contributed by atoms with Gasteiger partial charge in [0.25, 0.3) is 0 Å². The number of carbonyl (C=O) groups is 2. The van der Waals surface area contributed by atoms with Crippen LogP contribution >= 0.6 is 0 Å². The molecule has 1 aromatic carbocycles. The van der Waals surface area contributed by atoms with Crippen molar-refractivity contribution in [1.29, 1.82) is 0 Å². The fourth-order valence-electron chi connectivity index (χ4n) is 2.41. The second-order valence-corrected chi connectivity index (χ2v) is 5.11. The Bertz CT molecular complexity index is 535. The molecule has 120 valence electrons. The van der Waals surface area contributed by atoms with Crippen LogP contribution in [0.25, 0.3) is 0 Å². The molecule has 0 saturated carbocycles. The quantitative estimate of drug-likeness (QED) is 0.808. The number of urea groups is 1. The van der Waals surface area contributed by atoms with Crippen LogP contribution in [0.15, 0.2) is 24.3 Å². The van der Waals surface area contributed by atoms with Gasteiger partial charge in [-0.15, -0.1) is 0 Å². The first kappa shape index (κ1) is 16.1. The van der Waals surface area contributed by atoms with Crippen LogP contribution in [0.2, 0.25) is 0 Å². The molecule has 3 amide bonds. The summed E-state index contributed by atoms with van der Waals surface area (Å²) < 4.78 is 10.9. The Morgan fingerprint density at radius 3 is 3.05 bits per heavy atom. The minimum absolute atomic E-state index is 0.0709. The molecule has 1 heterocycles. The number of nitrogens with one attached hydrogen (secondary N) is 1. The van der Waals surface area contributed by atoms with Gasteiger partial charge in [0.1, 0.15) is 5.75 Å². The van der Waals surface area contributed by atoms with Gasteiger partial charge in [0.2, 0.25) is 5.91 Å². The Balaban J connectivity index is 1.89. The number of primary amides is 1. The average molecular weight is 307 g/mol. The van der Waals surface area contributed by atoms with Crippen molar-refractivity contribution < 1.29 is 19.1 Å². The highest BCUT2D eigenvalue weighted by Crippen LogP contribution is 2.17. The monoisotopic (exact) mass is 307 g/mol. The number of methoxy groups -OCH3 is 1. The molecule has 0 unspecified atom stereocenters. The lowest BCUT2D eigenvalue weighted by Crippen LogP contribution is -2.50. The molecular formula is C15H21N3O4. The maximum atomic E-state index is 12.0. The van der Waals surface area contributed by atoms with Crippen LogP contribution in [-0.4, -0.2) is 56.3 Å². The van der Waals surface area contributed by atoms with E-state index < -0.39 is 6.03 Å². The van der Waals surface area contributed by atoms with Gasteiger partial charge >= 0.3 is 6.03 Å². The maximum absolute atomic E-state index is 12.0. The summed E-state index contributed by atoms with van der Waals surface area (Å²) in [6.07, 6.45) is 0.628. The van der Waals surface area contributed by atoms with Gasteiger partial charge in [-0.25, -0.2) is 4.79 Å². The molecule has 0 aromatic heterocycles. The third-order valence-corrected chi connectivity index (χ3v) is 3.50. The molecule has 0 aliphatic carbocycles. The fraction of sp³-hybridized carbons (Fsp3) is 0.467. The van der Waals surface area contributed by atoms with Crippen LogP contribution in [0.1, 0.15) is 5.56 Å². The van der Waals surface area contributed by atoms with Crippen LogP contribution < -0.4 is 15.8 Å². The number of benzene rings is 1. The summed E-state index contributed by atoms with van der Waals surface area (Å²) in [4.78, 5) is 24.3. The highest BCUT2D eigenvalue weighted by molar-refractivity contribution is 5.83. The van der Waals surface area contributed by atoms with Crippen molar-refractivity contribution in [2.24, 2.45) is 5.73 Å². The Morgan fingerprint density at radius 1 is 1.50 bits per heavy atom. The first-order chi connectivity index (χ1) is 10.6. The van der Waals surface area contributed by atoms with E-state index in [9.17, 15) is 9.59 Å². The molecule has 1 aliphatic rings. The number of hydrogen-bond acceptors (Lipinski definition) is 4. The second-order valence-electron chi connectivity index (χ2n) is 5.11. The molecule has 7 heteroatoms. The Hall–Kier alpha value is -2.28. The van der Waals surface area contributed by atoms with Crippen molar-refractivity contribution in [2.75, 3.05) is 33.4 Å². The van der Waals surface area contributed by atoms with Gasteiger partial charge in [-0.2, -0.15) is 0 Å². The molecule has 7 nitrogen and oxygen atoms in total. The van der Waals surface area contributed by atoms with Crippen molar-refractivity contribution in [1.82, 2.24) is 10.2 Å². The third kappa shape index (κ3) is 4.63. The molecule has 0 radical (unpaired) electrons. The van der Waals surface area contributed by atoms with Gasteiger partial charge in [0.15, 0.2) is 0 Å². The van der Waals surface area contributed by atoms with Crippen molar-refractivity contribution in [3.63, 3.8) is 0 Å². The van der Waals surface area contributed by atoms with E-state index in [-0.39, 0.29) is 18.6 Å². The topological polar surface area (TPSA) is 93.9 Å². The smallest absolute Gasteiger partial charge is 0.312 e. The van der Waals surface area contributed by atoms with E-state index in [2.05, 4.69) is 5.32 Å². The zero-order valence-electron chi connectivity index (χ0n) is 12.6. The molecule has 1 fully saturated rings. The van der Waals surface area contributed by atoms with Crippen LogP contribution in [-0.2, 0) is 16.0 Å². The fourth-order valence-corrected chi connectivity index (χ4v) is 2.41. The van der Waals surface area contributed by atoms with E-state index in [1.165, 1.54) is 0 Å². The number of nitrogens with zero attached hydrogens (tertiary/aromatic N) is 1. The molecule has 3 N–H and O–H groups in total. The van der Waals surface area contributed by atoms with E-state index in [1.807, 2.05) is 24.3 Å². The maximum Gasteiger partial charge on any atom is 0.312 e. The molecule has 0 bridgehead atoms. The average Bonchev–Trinajstić information content (AvgIpc) is 2.53. The molecule has 2 rings (SSSR count). The summed E-state index contributed by atoms with van der Waals surface area (Å²) in [5.74, 6) is 0.643. The first-order valence-corrected chi connectivity index (χ1v) is 7.14. The van der Waals surface area contributed by atoms with Crippen LogP contribution in [0.5, 0.6) is 5.75 Å². The van der Waals surface area contributed by atoms with E-state index in [0.717, 1.165) is 11.3 Å². The molecule has 0 spiro atoms. The highest BCUT2D eigenvalue weighted by Gasteiger charge is 2.24. The van der Waals surface area contributed by atoms with Crippen LogP contribution in [0.3, 0.4) is 0 Å². The third-order valence-electron chi connectivity index (χ3n) is 3.50. The summed E-state index contributed by atoms with van der Waals surface area (Å²) in [7, 11) is 1.63. The second kappa shape index (κ2) is 7.65. The number of carbonyl (C=O) groups excluding carboxylic acids is 2. The van der Waals surface area contributed by atoms with Crippen LogP contribution in [0.4, 0.5) is 4.79 Å². The molecule has 1 atom stereocenters. The number of amides is 3. The lowest BCUT2D eigenvalue weighted by atomic mass is 10.1. The van der Waals surface area contributed by atoms with Gasteiger partial charge in [-0.05, 0) is 17.7 Å². The summed E-state index contributed by atoms with van der Waals surface area (Å²) in [5, 5.41) is 2.31. The van der Waals surface area contributed by atoms with E-state index in [1.54, 1.807) is 12.0 Å². The number of nitrogens with two attached hydrogens (primary N) is 1. The largest absolute Gasteiger partial charge is 0.497 e. The Morgan fingerprint density at radius 2 is 2.32 bits per heavy atom. The number of hydrogen-bond donors (Lipinski definition) is 2. The predicted octanol–water partition coefficient (Wildman–Crippen LogP) is 0.133. The van der Waals surface area contributed by atoms with Gasteiger partial charge in [0.05, 0.1) is 26.4 Å². The lowest BCUT2D eigenvalue weighted by molar-refractivity contribution is -0.137. The first-order valence-electron chi connectivity index (χ1n) is 7.14. The molecule has 22 heavy (non-hydrogen) atoms. The number of ether oxygens (including phenoxy) is 2. The highest BCUT2D eigenvalue weighted by atomic mass is 16.5. The Kier molecular flexibility index (Phi) is 5.60. The Labute approximate surface area is 129 Å². The SMILES string of the molecule is COc1cccc(C[C@@H]2CN(C(=O)CNC(N)=O)CCO2)c1. The van der Waals surface area contributed by atoms with E-state index in [4.69, 9.17) is 15.2 Å².